The Hall–Kier alpha value is -4.26. The molecule has 13 nitrogen and oxygen atoms in total. The Morgan fingerprint density at radius 2 is 1.69 bits per heavy atom. The van der Waals surface area contributed by atoms with Crippen LogP contribution in [0.1, 0.15) is 24.1 Å². The lowest BCUT2D eigenvalue weighted by atomic mass is 10.0. The van der Waals surface area contributed by atoms with Crippen molar-refractivity contribution in [2.45, 2.75) is 43.8 Å². The average molecular weight is 489 g/mol. The van der Waals surface area contributed by atoms with Crippen LogP contribution in [0.2, 0.25) is 0 Å². The molecule has 0 bridgehead atoms. The van der Waals surface area contributed by atoms with Crippen molar-refractivity contribution in [1.29, 1.82) is 0 Å². The van der Waals surface area contributed by atoms with Gasteiger partial charge in [0, 0.05) is 31.2 Å². The molecule has 2 rings (SSSR count). The molecule has 0 aliphatic heterocycles. The minimum atomic E-state index is -1.24. The van der Waals surface area contributed by atoms with Crippen LogP contribution in [0.15, 0.2) is 42.9 Å². The lowest BCUT2D eigenvalue weighted by Gasteiger charge is -2.21. The Morgan fingerprint density at radius 1 is 0.971 bits per heavy atom. The summed E-state index contributed by atoms with van der Waals surface area (Å²) in [5.41, 5.74) is 6.82. The summed E-state index contributed by atoms with van der Waals surface area (Å²) in [5.74, 6) is -4.52. The number of nitrogens with two attached hydrogens (primary N) is 1. The molecule has 0 radical (unpaired) electrons. The lowest BCUT2D eigenvalue weighted by molar-refractivity contribution is -0.142. The van der Waals surface area contributed by atoms with Gasteiger partial charge in [-0.2, -0.15) is 0 Å². The van der Waals surface area contributed by atoms with Gasteiger partial charge in [-0.1, -0.05) is 30.3 Å². The van der Waals surface area contributed by atoms with Crippen LogP contribution in [0.5, 0.6) is 0 Å². The first-order chi connectivity index (χ1) is 16.7. The highest BCUT2D eigenvalue weighted by molar-refractivity contribution is 5.92. The van der Waals surface area contributed by atoms with Crippen molar-refractivity contribution in [3.05, 3.63) is 54.1 Å². The van der Waals surface area contributed by atoms with Crippen LogP contribution in [0, 0.1) is 0 Å². The van der Waals surface area contributed by atoms with Gasteiger partial charge in [0.1, 0.15) is 12.1 Å². The number of aromatic amines is 1. The van der Waals surface area contributed by atoms with Crippen molar-refractivity contribution < 1.29 is 34.2 Å². The third-order valence-corrected chi connectivity index (χ3v) is 4.96. The summed E-state index contributed by atoms with van der Waals surface area (Å²) in [6, 6.07) is 5.23. The fourth-order valence-corrected chi connectivity index (χ4v) is 3.10. The summed E-state index contributed by atoms with van der Waals surface area (Å²) in [5, 5.41) is 25.4. The van der Waals surface area contributed by atoms with E-state index in [-0.39, 0.29) is 25.7 Å². The molecule has 3 unspecified atom stereocenters. The number of rotatable bonds is 14. The molecule has 13 heteroatoms. The molecule has 0 saturated carbocycles. The number of carbonyl (C=O) groups excluding carboxylic acids is 3. The number of carboxylic acid groups (broad SMARTS) is 2. The number of imidazole rings is 1. The van der Waals surface area contributed by atoms with E-state index in [1.54, 1.807) is 30.3 Å². The number of aliphatic carboxylic acids is 2. The summed E-state index contributed by atoms with van der Waals surface area (Å²) >= 11 is 0. The topological polar surface area (TPSA) is 217 Å². The number of amides is 3. The minimum Gasteiger partial charge on any atom is -0.481 e. The molecule has 1 aromatic carbocycles. The molecule has 3 amide bonds. The molecular formula is C22H28N6O7. The number of H-pyrrole nitrogens is 1. The molecular weight excluding hydrogens is 460 g/mol. The fraction of sp³-hybridized carbons (Fsp3) is 0.364. The molecule has 0 aliphatic carbocycles. The van der Waals surface area contributed by atoms with Crippen molar-refractivity contribution in [3.63, 3.8) is 0 Å². The van der Waals surface area contributed by atoms with E-state index in [0.29, 0.717) is 11.3 Å². The first-order valence-corrected chi connectivity index (χ1v) is 10.7. The molecule has 1 aromatic heterocycles. The normalized spacial score (nSPS) is 13.2. The Labute approximate surface area is 200 Å². The number of benzene rings is 1. The van der Waals surface area contributed by atoms with E-state index in [9.17, 15) is 29.1 Å². The maximum atomic E-state index is 12.9. The van der Waals surface area contributed by atoms with Gasteiger partial charge in [0.25, 0.3) is 0 Å². The zero-order valence-corrected chi connectivity index (χ0v) is 18.8. The van der Waals surface area contributed by atoms with Gasteiger partial charge in [-0.05, 0) is 12.0 Å². The van der Waals surface area contributed by atoms with Crippen LogP contribution < -0.4 is 21.7 Å². The van der Waals surface area contributed by atoms with Crippen molar-refractivity contribution >= 4 is 29.7 Å². The summed E-state index contributed by atoms with van der Waals surface area (Å²) in [4.78, 5) is 66.3. The monoisotopic (exact) mass is 488 g/mol. The number of nitrogens with zero attached hydrogens (tertiary/aromatic N) is 1. The maximum absolute atomic E-state index is 12.9. The van der Waals surface area contributed by atoms with Gasteiger partial charge in [0.05, 0.1) is 18.9 Å². The highest BCUT2D eigenvalue weighted by atomic mass is 16.4. The quantitative estimate of drug-likeness (QED) is 0.165. The summed E-state index contributed by atoms with van der Waals surface area (Å²) in [6.45, 7) is -0.515. The molecule has 2 aromatic rings. The standard InChI is InChI=1S/C22H28N6O7/c23-15(6-7-19(30)31)20(32)25-11-18(29)27-16(9-14-10-24-12-26-14)21(33)28-17(22(34)35)8-13-4-2-1-3-5-13/h1-5,10,12,15-17H,6-9,11,23H2,(H,24,26)(H,25,32)(H,27,29)(H,28,33)(H,30,31)(H,34,35). The Balaban J connectivity index is 2.00. The number of hydrogen-bond donors (Lipinski definition) is 7. The average Bonchev–Trinajstić information content (AvgIpc) is 3.33. The largest absolute Gasteiger partial charge is 0.481 e. The van der Waals surface area contributed by atoms with E-state index in [4.69, 9.17) is 10.8 Å². The minimum absolute atomic E-state index is 0.0126. The van der Waals surface area contributed by atoms with Crippen molar-refractivity contribution in [1.82, 2.24) is 25.9 Å². The van der Waals surface area contributed by atoms with E-state index in [1.807, 2.05) is 0 Å². The van der Waals surface area contributed by atoms with Crippen LogP contribution in [0.25, 0.3) is 0 Å². The second-order valence-corrected chi connectivity index (χ2v) is 7.75. The highest BCUT2D eigenvalue weighted by Crippen LogP contribution is 2.05. The molecule has 0 fully saturated rings. The Bertz CT molecular complexity index is 1010. The third kappa shape index (κ3) is 9.63. The van der Waals surface area contributed by atoms with Crippen LogP contribution >= 0.6 is 0 Å². The van der Waals surface area contributed by atoms with Gasteiger partial charge >= 0.3 is 11.9 Å². The zero-order valence-electron chi connectivity index (χ0n) is 18.8. The predicted molar refractivity (Wildman–Crippen MR) is 122 cm³/mol. The van der Waals surface area contributed by atoms with E-state index >= 15 is 0 Å². The number of carboxylic acids is 2. The van der Waals surface area contributed by atoms with Crippen molar-refractivity contribution in [3.8, 4) is 0 Å². The summed E-state index contributed by atoms with van der Waals surface area (Å²) in [6.07, 6.45) is 2.46. The fourth-order valence-electron chi connectivity index (χ4n) is 3.10. The Morgan fingerprint density at radius 3 is 2.29 bits per heavy atom. The number of nitrogens with one attached hydrogen (secondary N) is 4. The Kier molecular flexibility index (Phi) is 10.4. The van der Waals surface area contributed by atoms with Crippen molar-refractivity contribution in [2.24, 2.45) is 5.73 Å². The molecule has 1 heterocycles. The van der Waals surface area contributed by atoms with Crippen LogP contribution in [-0.4, -0.2) is 74.5 Å². The van der Waals surface area contributed by atoms with Gasteiger partial charge in [0.15, 0.2) is 0 Å². The smallest absolute Gasteiger partial charge is 0.326 e. The van der Waals surface area contributed by atoms with E-state index in [2.05, 4.69) is 25.9 Å². The molecule has 188 valence electrons. The van der Waals surface area contributed by atoms with Gasteiger partial charge < -0.3 is 36.9 Å². The van der Waals surface area contributed by atoms with Gasteiger partial charge in [-0.25, -0.2) is 9.78 Å². The van der Waals surface area contributed by atoms with Crippen LogP contribution in [0.4, 0.5) is 0 Å². The SMILES string of the molecule is NC(CCC(=O)O)C(=O)NCC(=O)NC(Cc1cnc[nH]1)C(=O)NC(Cc1ccccc1)C(=O)O. The summed E-state index contributed by atoms with van der Waals surface area (Å²) < 4.78 is 0. The van der Waals surface area contributed by atoms with Gasteiger partial charge in [0.2, 0.25) is 17.7 Å². The molecule has 3 atom stereocenters. The van der Waals surface area contributed by atoms with Crippen LogP contribution in [-0.2, 0) is 36.8 Å². The number of hydrogen-bond acceptors (Lipinski definition) is 7. The second-order valence-electron chi connectivity index (χ2n) is 7.75. The first-order valence-electron chi connectivity index (χ1n) is 10.7. The lowest BCUT2D eigenvalue weighted by Crippen LogP contribution is -2.55. The summed E-state index contributed by atoms with van der Waals surface area (Å²) in [7, 11) is 0. The van der Waals surface area contributed by atoms with E-state index < -0.39 is 54.3 Å². The third-order valence-electron chi connectivity index (χ3n) is 4.96. The van der Waals surface area contributed by atoms with E-state index in [1.165, 1.54) is 12.5 Å². The molecule has 0 saturated heterocycles. The van der Waals surface area contributed by atoms with E-state index in [0.717, 1.165) is 0 Å². The predicted octanol–water partition coefficient (Wildman–Crippen LogP) is -1.44. The van der Waals surface area contributed by atoms with Crippen LogP contribution in [0.3, 0.4) is 0 Å². The molecule has 35 heavy (non-hydrogen) atoms. The number of aromatic nitrogens is 2. The van der Waals surface area contributed by atoms with Gasteiger partial charge in [-0.3, -0.25) is 19.2 Å². The maximum Gasteiger partial charge on any atom is 0.326 e. The molecule has 8 N–H and O–H groups in total. The highest BCUT2D eigenvalue weighted by Gasteiger charge is 2.27. The molecule has 0 aliphatic rings. The van der Waals surface area contributed by atoms with Gasteiger partial charge in [-0.15, -0.1) is 0 Å². The number of carbonyl (C=O) groups is 5. The zero-order chi connectivity index (χ0) is 25.8. The molecule has 0 spiro atoms. The van der Waals surface area contributed by atoms with Crippen molar-refractivity contribution in [2.75, 3.05) is 6.54 Å². The first kappa shape index (κ1) is 27.0. The second kappa shape index (κ2) is 13.4.